The molecule has 0 heterocycles. The van der Waals surface area contributed by atoms with Crippen LogP contribution in [0.5, 0.6) is 0 Å². The molecule has 0 aromatic carbocycles. The van der Waals surface area contributed by atoms with Gasteiger partial charge in [0.15, 0.2) is 0 Å². The van der Waals surface area contributed by atoms with Gasteiger partial charge in [-0.2, -0.15) is 0 Å². The fraction of sp³-hybridized carbons (Fsp3) is 0.273. The number of aldehydes is 1. The highest BCUT2D eigenvalue weighted by Crippen LogP contribution is 2.04. The molecule has 0 aromatic heterocycles. The van der Waals surface area contributed by atoms with E-state index in [4.69, 9.17) is 0 Å². The molecule has 4 heteroatoms. The van der Waals surface area contributed by atoms with Gasteiger partial charge in [0, 0.05) is 12.7 Å². The van der Waals surface area contributed by atoms with Crippen LogP contribution in [0.4, 0.5) is 0 Å². The van der Waals surface area contributed by atoms with Gasteiger partial charge in [-0.15, -0.1) is 0 Å². The summed E-state index contributed by atoms with van der Waals surface area (Å²) in [5.41, 5.74) is 5.13. The zero-order valence-electron chi connectivity index (χ0n) is 9.27. The second-order valence-electron chi connectivity index (χ2n) is 2.35. The van der Waals surface area contributed by atoms with Crippen LogP contribution in [0.25, 0.3) is 0 Å². The summed E-state index contributed by atoms with van der Waals surface area (Å²) in [6.07, 6.45) is 5.20. The number of carbonyl (C=O) groups is 2. The molecule has 0 aliphatic carbocycles. The Kier molecular flexibility index (Phi) is 10.9. The van der Waals surface area contributed by atoms with Crippen molar-refractivity contribution in [2.75, 3.05) is 14.1 Å². The normalized spacial score (nSPS) is 9.40. The molecule has 0 atom stereocenters. The maximum absolute atomic E-state index is 11.2. The lowest BCUT2D eigenvalue weighted by Crippen LogP contribution is -2.25. The number of rotatable bonds is 5. The third-order valence-electron chi connectivity index (χ3n) is 1.52. The molecule has 0 rings (SSSR count). The molecule has 0 unspecified atom stereocenters. The minimum Gasteiger partial charge on any atom is -0.333 e. The third kappa shape index (κ3) is 6.40. The number of nitrogens with zero attached hydrogens (tertiary/aromatic N) is 1. The first-order chi connectivity index (χ1) is 7.17. The minimum atomic E-state index is -0.261. The Morgan fingerprint density at radius 1 is 1.40 bits per heavy atom. The lowest BCUT2D eigenvalue weighted by atomic mass is 10.3. The SMILES string of the molecule is C=C/C=C(\C=C)N(C)C(=O)CC=O.CN. The van der Waals surface area contributed by atoms with E-state index in [9.17, 15) is 9.59 Å². The molecule has 84 valence electrons. The van der Waals surface area contributed by atoms with Crippen LogP contribution in [-0.2, 0) is 9.59 Å². The van der Waals surface area contributed by atoms with Crippen molar-refractivity contribution in [2.24, 2.45) is 5.73 Å². The summed E-state index contributed by atoms with van der Waals surface area (Å²) in [6.45, 7) is 7.05. The van der Waals surface area contributed by atoms with E-state index in [1.165, 1.54) is 18.0 Å². The monoisotopic (exact) mass is 210 g/mol. The van der Waals surface area contributed by atoms with E-state index >= 15 is 0 Å². The van der Waals surface area contributed by atoms with Crippen molar-refractivity contribution in [3.05, 3.63) is 37.1 Å². The van der Waals surface area contributed by atoms with E-state index < -0.39 is 0 Å². The second kappa shape index (κ2) is 10.4. The summed E-state index contributed by atoms with van der Waals surface area (Å²) in [7, 11) is 3.09. The first kappa shape index (κ1) is 15.8. The molecule has 0 saturated heterocycles. The van der Waals surface area contributed by atoms with Crippen molar-refractivity contribution in [1.82, 2.24) is 4.90 Å². The highest BCUT2D eigenvalue weighted by molar-refractivity contribution is 5.89. The van der Waals surface area contributed by atoms with E-state index in [1.807, 2.05) is 0 Å². The zero-order chi connectivity index (χ0) is 12.3. The molecule has 0 fully saturated rings. The van der Waals surface area contributed by atoms with Gasteiger partial charge in [-0.25, -0.2) is 0 Å². The number of allylic oxidation sites excluding steroid dienone is 3. The molecule has 15 heavy (non-hydrogen) atoms. The second-order valence-corrected chi connectivity index (χ2v) is 2.35. The molecule has 0 aliphatic rings. The molecule has 4 nitrogen and oxygen atoms in total. The maximum atomic E-state index is 11.2. The van der Waals surface area contributed by atoms with E-state index in [-0.39, 0.29) is 12.3 Å². The fourth-order valence-electron chi connectivity index (χ4n) is 0.790. The van der Waals surface area contributed by atoms with Crippen molar-refractivity contribution in [1.29, 1.82) is 0 Å². The number of likely N-dealkylation sites (N-methyl/N-ethyl adjacent to an activating group) is 1. The summed E-state index contributed by atoms with van der Waals surface area (Å²) in [5, 5.41) is 0. The first-order valence-corrected chi connectivity index (χ1v) is 4.40. The molecule has 0 saturated carbocycles. The van der Waals surface area contributed by atoms with Gasteiger partial charge < -0.3 is 15.4 Å². The molecular formula is C11H18N2O2. The molecule has 0 aromatic rings. The minimum absolute atomic E-state index is 0.112. The average molecular weight is 210 g/mol. The van der Waals surface area contributed by atoms with E-state index in [1.54, 1.807) is 19.2 Å². The Hall–Kier alpha value is -1.68. The number of hydrogen-bond acceptors (Lipinski definition) is 3. The zero-order valence-corrected chi connectivity index (χ0v) is 9.27. The Bertz CT molecular complexity index is 257. The summed E-state index contributed by atoms with van der Waals surface area (Å²) < 4.78 is 0. The van der Waals surface area contributed by atoms with Crippen LogP contribution in [-0.4, -0.2) is 31.2 Å². The van der Waals surface area contributed by atoms with Crippen molar-refractivity contribution in [3.63, 3.8) is 0 Å². The van der Waals surface area contributed by atoms with Crippen molar-refractivity contribution in [3.8, 4) is 0 Å². The van der Waals surface area contributed by atoms with Gasteiger partial charge in [-0.3, -0.25) is 4.79 Å². The number of hydrogen-bond donors (Lipinski definition) is 1. The molecule has 0 radical (unpaired) electrons. The van der Waals surface area contributed by atoms with Gasteiger partial charge in [0.1, 0.15) is 6.29 Å². The molecule has 0 aliphatic heterocycles. The molecule has 1 amide bonds. The summed E-state index contributed by atoms with van der Waals surface area (Å²) in [5.74, 6) is -0.261. The van der Waals surface area contributed by atoms with Crippen molar-refractivity contribution >= 4 is 12.2 Å². The van der Waals surface area contributed by atoms with Gasteiger partial charge >= 0.3 is 0 Å². The Morgan fingerprint density at radius 2 is 1.93 bits per heavy atom. The topological polar surface area (TPSA) is 63.4 Å². The Balaban J connectivity index is 0. The highest BCUT2D eigenvalue weighted by Gasteiger charge is 2.09. The van der Waals surface area contributed by atoms with Crippen LogP contribution < -0.4 is 5.73 Å². The van der Waals surface area contributed by atoms with Gasteiger partial charge in [-0.05, 0) is 19.2 Å². The number of carbonyl (C=O) groups excluding carboxylic acids is 2. The first-order valence-electron chi connectivity index (χ1n) is 4.40. The quantitative estimate of drug-likeness (QED) is 0.416. The third-order valence-corrected chi connectivity index (χ3v) is 1.52. The number of nitrogens with two attached hydrogens (primary N) is 1. The van der Waals surface area contributed by atoms with Gasteiger partial charge in [-0.1, -0.05) is 19.2 Å². The van der Waals surface area contributed by atoms with E-state index in [0.717, 1.165) is 0 Å². The lowest BCUT2D eigenvalue weighted by molar-refractivity contribution is -0.129. The average Bonchev–Trinajstić information content (AvgIpc) is 2.28. The summed E-state index contributed by atoms with van der Waals surface area (Å²) >= 11 is 0. The van der Waals surface area contributed by atoms with Crippen molar-refractivity contribution < 1.29 is 9.59 Å². The molecule has 2 N–H and O–H groups in total. The lowest BCUT2D eigenvalue weighted by Gasteiger charge is -2.16. The van der Waals surface area contributed by atoms with Crippen LogP contribution >= 0.6 is 0 Å². The maximum Gasteiger partial charge on any atom is 0.233 e. The predicted octanol–water partition coefficient (Wildman–Crippen LogP) is 0.865. The van der Waals surface area contributed by atoms with Crippen LogP contribution in [0.2, 0.25) is 0 Å². The summed E-state index contributed by atoms with van der Waals surface area (Å²) in [4.78, 5) is 22.6. The molecule has 0 spiro atoms. The highest BCUT2D eigenvalue weighted by atomic mass is 16.2. The van der Waals surface area contributed by atoms with Crippen LogP contribution in [0.1, 0.15) is 6.42 Å². The van der Waals surface area contributed by atoms with Gasteiger partial charge in [0.25, 0.3) is 0 Å². The predicted molar refractivity (Wildman–Crippen MR) is 62.0 cm³/mol. The van der Waals surface area contributed by atoms with Gasteiger partial charge in [0.05, 0.1) is 6.42 Å². The van der Waals surface area contributed by atoms with Crippen LogP contribution in [0, 0.1) is 0 Å². The fourth-order valence-corrected chi connectivity index (χ4v) is 0.790. The standard InChI is InChI=1S/C10H13NO2.CH5N/c1-4-6-9(5-2)11(3)10(13)7-8-12;1-2/h4-6,8H,1-2,7H2,3H3;2H2,1H3/b9-6+;. The Labute approximate surface area is 90.7 Å². The van der Waals surface area contributed by atoms with E-state index in [0.29, 0.717) is 12.0 Å². The molecule has 0 bridgehead atoms. The molecular weight excluding hydrogens is 192 g/mol. The van der Waals surface area contributed by atoms with E-state index in [2.05, 4.69) is 18.9 Å². The summed E-state index contributed by atoms with van der Waals surface area (Å²) in [6, 6.07) is 0. The van der Waals surface area contributed by atoms with Crippen LogP contribution in [0.15, 0.2) is 37.1 Å². The largest absolute Gasteiger partial charge is 0.333 e. The van der Waals surface area contributed by atoms with Gasteiger partial charge in [0.2, 0.25) is 5.91 Å². The number of amides is 1. The smallest absolute Gasteiger partial charge is 0.233 e. The Morgan fingerprint density at radius 3 is 2.27 bits per heavy atom. The van der Waals surface area contributed by atoms with Crippen LogP contribution in [0.3, 0.4) is 0 Å². The van der Waals surface area contributed by atoms with Crippen molar-refractivity contribution in [2.45, 2.75) is 6.42 Å².